The van der Waals surface area contributed by atoms with Crippen molar-refractivity contribution in [2.45, 2.75) is 45.3 Å². The summed E-state index contributed by atoms with van der Waals surface area (Å²) >= 11 is 0. The molecule has 0 aliphatic carbocycles. The first-order valence-corrected chi connectivity index (χ1v) is 6.17. The number of nitrogens with zero attached hydrogens (tertiary/aromatic N) is 1. The Balaban J connectivity index is 1.89. The molecule has 2 heterocycles. The number of fused-ring (bicyclic) bond motifs is 1. The van der Waals surface area contributed by atoms with Gasteiger partial charge in [0.2, 0.25) is 0 Å². The molecule has 16 heavy (non-hydrogen) atoms. The zero-order chi connectivity index (χ0) is 11.8. The number of piperidine rings is 1. The summed E-state index contributed by atoms with van der Waals surface area (Å²) in [5.74, 6) is 0.626. The first kappa shape index (κ1) is 11.7. The molecule has 2 fully saturated rings. The largest absolute Gasteiger partial charge is 0.444 e. The summed E-state index contributed by atoms with van der Waals surface area (Å²) in [6.45, 7) is 8.51. The van der Waals surface area contributed by atoms with Crippen LogP contribution in [-0.2, 0) is 4.74 Å². The molecule has 2 unspecified atom stereocenters. The minimum atomic E-state index is -0.387. The highest BCUT2D eigenvalue weighted by molar-refractivity contribution is 5.68. The van der Waals surface area contributed by atoms with Crippen molar-refractivity contribution in [2.75, 3.05) is 19.6 Å². The van der Waals surface area contributed by atoms with Gasteiger partial charge in [0, 0.05) is 19.1 Å². The van der Waals surface area contributed by atoms with Crippen LogP contribution in [0.25, 0.3) is 0 Å². The van der Waals surface area contributed by atoms with Crippen molar-refractivity contribution in [3.05, 3.63) is 0 Å². The van der Waals surface area contributed by atoms with E-state index in [4.69, 9.17) is 4.74 Å². The predicted octanol–water partition coefficient (Wildman–Crippen LogP) is 1.61. The second-order valence-corrected chi connectivity index (χ2v) is 5.82. The number of carbonyl (C=O) groups is 1. The Bertz CT molecular complexity index is 273. The van der Waals surface area contributed by atoms with Crippen LogP contribution in [-0.4, -0.2) is 42.3 Å². The molecule has 1 N–H and O–H groups in total. The summed E-state index contributed by atoms with van der Waals surface area (Å²) in [4.78, 5) is 13.7. The van der Waals surface area contributed by atoms with Crippen LogP contribution in [0.2, 0.25) is 0 Å². The van der Waals surface area contributed by atoms with Crippen LogP contribution in [0.3, 0.4) is 0 Å². The van der Waals surface area contributed by atoms with Gasteiger partial charge >= 0.3 is 6.09 Å². The van der Waals surface area contributed by atoms with Gasteiger partial charge in [-0.25, -0.2) is 4.79 Å². The molecule has 2 aliphatic rings. The summed E-state index contributed by atoms with van der Waals surface area (Å²) < 4.78 is 5.39. The van der Waals surface area contributed by atoms with Crippen molar-refractivity contribution in [1.29, 1.82) is 0 Å². The van der Waals surface area contributed by atoms with Crippen molar-refractivity contribution in [1.82, 2.24) is 10.2 Å². The highest BCUT2D eigenvalue weighted by Gasteiger charge is 2.35. The summed E-state index contributed by atoms with van der Waals surface area (Å²) in [6.07, 6.45) is 2.09. The molecule has 92 valence electrons. The highest BCUT2D eigenvalue weighted by Crippen LogP contribution is 2.25. The quantitative estimate of drug-likeness (QED) is 0.682. The zero-order valence-electron chi connectivity index (χ0n) is 10.5. The molecule has 0 saturated carbocycles. The molecular formula is C12H22N2O2. The number of likely N-dealkylation sites (tertiary alicyclic amines) is 1. The van der Waals surface area contributed by atoms with Gasteiger partial charge in [-0.2, -0.15) is 0 Å². The standard InChI is InChI=1S/C12H22N2O2/c1-12(2,3)16-11(15)14-7-5-10-9(8-14)4-6-13-10/h9-10,13H,4-8H2,1-3H3. The molecule has 0 bridgehead atoms. The highest BCUT2D eigenvalue weighted by atomic mass is 16.6. The van der Waals surface area contributed by atoms with Gasteiger partial charge in [0.05, 0.1) is 0 Å². The summed E-state index contributed by atoms with van der Waals surface area (Å²) in [5.41, 5.74) is -0.387. The Morgan fingerprint density at radius 3 is 2.81 bits per heavy atom. The van der Waals surface area contributed by atoms with E-state index in [1.807, 2.05) is 25.7 Å². The number of hydrogen-bond acceptors (Lipinski definition) is 3. The van der Waals surface area contributed by atoms with Gasteiger partial charge in [-0.1, -0.05) is 0 Å². The van der Waals surface area contributed by atoms with Gasteiger partial charge in [-0.15, -0.1) is 0 Å². The Morgan fingerprint density at radius 1 is 1.38 bits per heavy atom. The molecule has 4 nitrogen and oxygen atoms in total. The van der Waals surface area contributed by atoms with Crippen LogP contribution in [0.15, 0.2) is 0 Å². The average Bonchev–Trinajstić information content (AvgIpc) is 2.61. The van der Waals surface area contributed by atoms with E-state index in [1.54, 1.807) is 0 Å². The van der Waals surface area contributed by atoms with E-state index < -0.39 is 0 Å². The third-order valence-corrected chi connectivity index (χ3v) is 3.31. The number of carbonyl (C=O) groups excluding carboxylic acids is 1. The van der Waals surface area contributed by atoms with E-state index in [2.05, 4.69) is 5.32 Å². The van der Waals surface area contributed by atoms with E-state index in [0.29, 0.717) is 12.0 Å². The average molecular weight is 226 g/mol. The lowest BCUT2D eigenvalue weighted by atomic mass is 9.94. The fourth-order valence-electron chi connectivity index (χ4n) is 2.54. The molecule has 0 aromatic carbocycles. The van der Waals surface area contributed by atoms with Gasteiger partial charge in [0.15, 0.2) is 0 Å². The zero-order valence-corrected chi connectivity index (χ0v) is 10.5. The SMILES string of the molecule is CC(C)(C)OC(=O)N1CCC2NCCC2C1. The smallest absolute Gasteiger partial charge is 0.410 e. The Hall–Kier alpha value is -0.770. The topological polar surface area (TPSA) is 41.6 Å². The third kappa shape index (κ3) is 2.67. The number of nitrogens with one attached hydrogen (secondary N) is 1. The Kier molecular flexibility index (Phi) is 3.10. The lowest BCUT2D eigenvalue weighted by Gasteiger charge is -2.35. The predicted molar refractivity (Wildman–Crippen MR) is 62.3 cm³/mol. The van der Waals surface area contributed by atoms with Crippen molar-refractivity contribution in [3.63, 3.8) is 0 Å². The Labute approximate surface area is 97.3 Å². The van der Waals surface area contributed by atoms with Crippen LogP contribution in [0.5, 0.6) is 0 Å². The molecule has 1 amide bonds. The van der Waals surface area contributed by atoms with Gasteiger partial charge in [-0.05, 0) is 46.1 Å². The second-order valence-electron chi connectivity index (χ2n) is 5.82. The first-order valence-electron chi connectivity index (χ1n) is 6.17. The van der Waals surface area contributed by atoms with Crippen LogP contribution < -0.4 is 5.32 Å². The summed E-state index contributed by atoms with van der Waals surface area (Å²) in [7, 11) is 0. The second kappa shape index (κ2) is 4.24. The normalized spacial score (nSPS) is 30.1. The maximum absolute atomic E-state index is 11.9. The number of ether oxygens (including phenoxy) is 1. The summed E-state index contributed by atoms with van der Waals surface area (Å²) in [6, 6.07) is 0.624. The molecule has 0 radical (unpaired) electrons. The maximum atomic E-state index is 11.9. The van der Waals surface area contributed by atoms with Gasteiger partial charge < -0.3 is 15.0 Å². The maximum Gasteiger partial charge on any atom is 0.410 e. The van der Waals surface area contributed by atoms with Crippen LogP contribution in [0.1, 0.15) is 33.6 Å². The number of hydrogen-bond donors (Lipinski definition) is 1. The minimum Gasteiger partial charge on any atom is -0.444 e. The first-order chi connectivity index (χ1) is 7.46. The molecule has 2 atom stereocenters. The van der Waals surface area contributed by atoms with Crippen LogP contribution in [0, 0.1) is 5.92 Å². The van der Waals surface area contributed by atoms with E-state index in [-0.39, 0.29) is 11.7 Å². The van der Waals surface area contributed by atoms with Crippen molar-refractivity contribution in [2.24, 2.45) is 5.92 Å². The summed E-state index contributed by atoms with van der Waals surface area (Å²) in [5, 5.41) is 3.49. The van der Waals surface area contributed by atoms with E-state index in [0.717, 1.165) is 26.1 Å². The Morgan fingerprint density at radius 2 is 2.12 bits per heavy atom. The monoisotopic (exact) mass is 226 g/mol. The molecule has 2 saturated heterocycles. The van der Waals surface area contributed by atoms with Crippen molar-refractivity contribution < 1.29 is 9.53 Å². The van der Waals surface area contributed by atoms with Crippen molar-refractivity contribution >= 4 is 6.09 Å². The van der Waals surface area contributed by atoms with Crippen LogP contribution >= 0.6 is 0 Å². The van der Waals surface area contributed by atoms with E-state index >= 15 is 0 Å². The fourth-order valence-corrected chi connectivity index (χ4v) is 2.54. The fraction of sp³-hybridized carbons (Fsp3) is 0.917. The molecule has 2 aliphatic heterocycles. The molecule has 4 heteroatoms. The molecule has 0 aromatic heterocycles. The molecule has 0 spiro atoms. The lowest BCUT2D eigenvalue weighted by Crippen LogP contribution is -2.48. The van der Waals surface area contributed by atoms with E-state index in [9.17, 15) is 4.79 Å². The van der Waals surface area contributed by atoms with Gasteiger partial charge in [0.25, 0.3) is 0 Å². The third-order valence-electron chi connectivity index (χ3n) is 3.31. The minimum absolute atomic E-state index is 0.155. The number of amides is 1. The van der Waals surface area contributed by atoms with Gasteiger partial charge in [0.1, 0.15) is 5.60 Å². The molecule has 0 aromatic rings. The van der Waals surface area contributed by atoms with E-state index in [1.165, 1.54) is 6.42 Å². The molecular weight excluding hydrogens is 204 g/mol. The molecule has 2 rings (SSSR count). The lowest BCUT2D eigenvalue weighted by molar-refractivity contribution is 0.0157. The van der Waals surface area contributed by atoms with Crippen molar-refractivity contribution in [3.8, 4) is 0 Å². The van der Waals surface area contributed by atoms with Gasteiger partial charge in [-0.3, -0.25) is 0 Å². The number of rotatable bonds is 0. The van der Waals surface area contributed by atoms with Crippen LogP contribution in [0.4, 0.5) is 4.79 Å².